The van der Waals surface area contributed by atoms with Crippen LogP contribution in [-0.2, 0) is 32.1 Å². The number of nitro groups is 1. The fraction of sp³-hybridized carbons (Fsp3) is 0.286. The molecule has 3 atom stereocenters. The number of thiophene rings is 1. The molecular formula is C21H19N3O6S2. The summed E-state index contributed by atoms with van der Waals surface area (Å²) in [4.78, 5) is 50.4. The molecule has 0 spiro atoms. The van der Waals surface area contributed by atoms with Crippen LogP contribution >= 0.6 is 23.1 Å². The summed E-state index contributed by atoms with van der Waals surface area (Å²) in [5.74, 6) is -0.744. The Kier molecular flexibility index (Phi) is 6.28. The van der Waals surface area contributed by atoms with E-state index in [1.54, 1.807) is 0 Å². The highest BCUT2D eigenvalue weighted by atomic mass is 32.2. The summed E-state index contributed by atoms with van der Waals surface area (Å²) in [5, 5.41) is 15.0. The SMILES string of the molecule is C=C1CS[C@H]2C(NC(=O)Cc3cccs3)C(=O)N2C1C(=O)OCc1ccc([N+](=O)[O-])cc1. The van der Waals surface area contributed by atoms with Gasteiger partial charge in [-0.1, -0.05) is 12.6 Å². The van der Waals surface area contributed by atoms with Gasteiger partial charge in [0.2, 0.25) is 11.8 Å². The minimum Gasteiger partial charge on any atom is -0.459 e. The summed E-state index contributed by atoms with van der Waals surface area (Å²) < 4.78 is 5.37. The number of carbonyl (C=O) groups excluding carboxylic acids is 3. The molecule has 0 saturated carbocycles. The van der Waals surface area contributed by atoms with E-state index in [2.05, 4.69) is 11.9 Å². The number of hydrogen-bond donors (Lipinski definition) is 1. The summed E-state index contributed by atoms with van der Waals surface area (Å²) >= 11 is 2.91. The Labute approximate surface area is 191 Å². The Balaban J connectivity index is 1.36. The molecule has 0 bridgehead atoms. The monoisotopic (exact) mass is 473 g/mol. The van der Waals surface area contributed by atoms with E-state index >= 15 is 0 Å². The summed E-state index contributed by atoms with van der Waals surface area (Å²) in [6, 6.07) is 7.79. The first kappa shape index (κ1) is 22.0. The highest BCUT2D eigenvalue weighted by molar-refractivity contribution is 8.00. The van der Waals surface area contributed by atoms with Crippen LogP contribution in [0.1, 0.15) is 10.4 Å². The number of fused-ring (bicyclic) bond motifs is 1. The van der Waals surface area contributed by atoms with Crippen molar-refractivity contribution < 1.29 is 24.0 Å². The summed E-state index contributed by atoms with van der Waals surface area (Å²) in [6.45, 7) is 3.83. The fourth-order valence-corrected chi connectivity index (χ4v) is 5.57. The van der Waals surface area contributed by atoms with Gasteiger partial charge in [0, 0.05) is 22.8 Å². The number of nitrogens with one attached hydrogen (secondary N) is 1. The molecule has 1 N–H and O–H groups in total. The zero-order valence-electron chi connectivity index (χ0n) is 16.8. The smallest absolute Gasteiger partial charge is 0.333 e. The van der Waals surface area contributed by atoms with Crippen molar-refractivity contribution in [3.8, 4) is 0 Å². The maximum Gasteiger partial charge on any atom is 0.333 e. The molecular weight excluding hydrogens is 454 g/mol. The largest absolute Gasteiger partial charge is 0.459 e. The summed E-state index contributed by atoms with van der Waals surface area (Å²) in [7, 11) is 0. The third kappa shape index (κ3) is 4.39. The minimum atomic E-state index is -0.919. The molecule has 2 aliphatic heterocycles. The van der Waals surface area contributed by atoms with E-state index < -0.39 is 23.0 Å². The highest BCUT2D eigenvalue weighted by Gasteiger charge is 2.56. The van der Waals surface area contributed by atoms with Crippen LogP contribution in [0.3, 0.4) is 0 Å². The predicted octanol–water partition coefficient (Wildman–Crippen LogP) is 2.27. The van der Waals surface area contributed by atoms with Crippen LogP contribution in [-0.4, -0.2) is 50.8 Å². The van der Waals surface area contributed by atoms with Crippen molar-refractivity contribution in [1.29, 1.82) is 0 Å². The molecule has 0 aliphatic carbocycles. The Bertz CT molecular complexity index is 1070. The summed E-state index contributed by atoms with van der Waals surface area (Å²) in [5.41, 5.74) is 1.08. The lowest BCUT2D eigenvalue weighted by molar-refractivity contribution is -0.384. The third-order valence-corrected chi connectivity index (χ3v) is 7.42. The number of amides is 2. The first-order valence-electron chi connectivity index (χ1n) is 9.68. The van der Waals surface area contributed by atoms with Crippen LogP contribution in [0.2, 0.25) is 0 Å². The van der Waals surface area contributed by atoms with Crippen molar-refractivity contribution in [1.82, 2.24) is 10.2 Å². The molecule has 2 aliphatic rings. The molecule has 2 unspecified atom stereocenters. The topological polar surface area (TPSA) is 119 Å². The standard InChI is InChI=1S/C21H19N3O6S2/c1-12-11-32-20-17(22-16(25)9-15-3-2-8-31-15)19(26)23(20)18(12)21(27)30-10-13-4-6-14(7-5-13)24(28)29/h2-8,17-18,20H,1,9-11H2,(H,22,25)/t17?,18?,20-/m0/s1. The van der Waals surface area contributed by atoms with Gasteiger partial charge in [-0.25, -0.2) is 4.79 Å². The lowest BCUT2D eigenvalue weighted by atomic mass is 9.98. The highest BCUT2D eigenvalue weighted by Crippen LogP contribution is 2.40. The lowest BCUT2D eigenvalue weighted by Gasteiger charge is -2.52. The van der Waals surface area contributed by atoms with Crippen molar-refractivity contribution in [2.75, 3.05) is 5.75 Å². The molecule has 9 nitrogen and oxygen atoms in total. The molecule has 2 amide bonds. The number of hydrogen-bond acceptors (Lipinski definition) is 8. The van der Waals surface area contributed by atoms with Crippen molar-refractivity contribution in [3.63, 3.8) is 0 Å². The second-order valence-electron chi connectivity index (χ2n) is 7.34. The maximum atomic E-state index is 12.8. The number of nitrogens with zero attached hydrogens (tertiary/aromatic N) is 2. The van der Waals surface area contributed by atoms with Crippen LogP contribution in [0.4, 0.5) is 5.69 Å². The van der Waals surface area contributed by atoms with Crippen molar-refractivity contribution in [2.24, 2.45) is 0 Å². The first-order valence-corrected chi connectivity index (χ1v) is 11.6. The average Bonchev–Trinajstić information content (AvgIpc) is 3.28. The van der Waals surface area contributed by atoms with Crippen molar-refractivity contribution in [2.45, 2.75) is 30.5 Å². The van der Waals surface area contributed by atoms with Gasteiger partial charge in [0.25, 0.3) is 5.69 Å². The number of carbonyl (C=O) groups is 3. The van der Waals surface area contributed by atoms with E-state index in [0.29, 0.717) is 16.9 Å². The van der Waals surface area contributed by atoms with Crippen LogP contribution in [0, 0.1) is 10.1 Å². The predicted molar refractivity (Wildman–Crippen MR) is 119 cm³/mol. The van der Waals surface area contributed by atoms with Crippen LogP contribution in [0.25, 0.3) is 0 Å². The van der Waals surface area contributed by atoms with Gasteiger partial charge in [0.15, 0.2) is 6.04 Å². The molecule has 166 valence electrons. The Morgan fingerprint density at radius 2 is 2.03 bits per heavy atom. The number of benzene rings is 1. The molecule has 1 aromatic heterocycles. The van der Waals surface area contributed by atoms with Crippen LogP contribution in [0.5, 0.6) is 0 Å². The van der Waals surface area contributed by atoms with Crippen LogP contribution in [0.15, 0.2) is 53.9 Å². The van der Waals surface area contributed by atoms with E-state index in [4.69, 9.17) is 4.74 Å². The van der Waals surface area contributed by atoms with Gasteiger partial charge in [-0.2, -0.15) is 0 Å². The molecule has 32 heavy (non-hydrogen) atoms. The Morgan fingerprint density at radius 1 is 1.28 bits per heavy atom. The molecule has 2 aromatic rings. The van der Waals surface area contributed by atoms with Crippen molar-refractivity contribution in [3.05, 3.63) is 74.5 Å². The number of ether oxygens (including phenoxy) is 1. The van der Waals surface area contributed by atoms with E-state index in [0.717, 1.165) is 4.88 Å². The number of thioether (sulfide) groups is 1. The zero-order valence-corrected chi connectivity index (χ0v) is 18.4. The molecule has 2 saturated heterocycles. The van der Waals surface area contributed by atoms with E-state index in [-0.39, 0.29) is 35.9 Å². The first-order chi connectivity index (χ1) is 15.3. The normalized spacial score (nSPS) is 22.0. The quantitative estimate of drug-likeness (QED) is 0.215. The van der Waals surface area contributed by atoms with Gasteiger partial charge in [-0.3, -0.25) is 19.7 Å². The molecule has 3 heterocycles. The average molecular weight is 474 g/mol. The van der Waals surface area contributed by atoms with E-state index in [1.807, 2.05) is 17.5 Å². The van der Waals surface area contributed by atoms with Gasteiger partial charge in [-0.15, -0.1) is 23.1 Å². The Morgan fingerprint density at radius 3 is 2.69 bits per heavy atom. The lowest BCUT2D eigenvalue weighted by Crippen LogP contribution is -2.74. The molecule has 2 fully saturated rings. The zero-order chi connectivity index (χ0) is 22.8. The number of esters is 1. The minimum absolute atomic E-state index is 0.0565. The summed E-state index contributed by atoms with van der Waals surface area (Å²) in [6.07, 6.45) is 0.201. The molecule has 1 aromatic carbocycles. The fourth-order valence-electron chi connectivity index (χ4n) is 3.56. The number of rotatable bonds is 7. The van der Waals surface area contributed by atoms with Gasteiger partial charge in [0.05, 0.1) is 11.3 Å². The van der Waals surface area contributed by atoms with Crippen LogP contribution < -0.4 is 5.32 Å². The number of β-lactam (4-membered cyclic amide) rings is 1. The van der Waals surface area contributed by atoms with E-state index in [1.165, 1.54) is 52.3 Å². The molecule has 0 radical (unpaired) electrons. The molecule has 11 heteroatoms. The van der Waals surface area contributed by atoms with Gasteiger partial charge in [0.1, 0.15) is 18.0 Å². The second-order valence-corrected chi connectivity index (χ2v) is 9.48. The molecule has 4 rings (SSSR count). The van der Waals surface area contributed by atoms with Crippen molar-refractivity contribution >= 4 is 46.6 Å². The van der Waals surface area contributed by atoms with Gasteiger partial charge < -0.3 is 15.0 Å². The number of non-ortho nitro benzene ring substituents is 1. The number of nitro benzene ring substituents is 1. The maximum absolute atomic E-state index is 12.8. The Hall–Kier alpha value is -3.18. The second kappa shape index (κ2) is 9.13. The third-order valence-electron chi connectivity index (χ3n) is 5.17. The van der Waals surface area contributed by atoms with Gasteiger partial charge >= 0.3 is 5.97 Å². The van der Waals surface area contributed by atoms with Gasteiger partial charge in [-0.05, 0) is 34.7 Å². The van der Waals surface area contributed by atoms with E-state index in [9.17, 15) is 24.5 Å².